The van der Waals surface area contributed by atoms with Crippen LogP contribution in [-0.2, 0) is 6.54 Å². The van der Waals surface area contributed by atoms with Crippen LogP contribution in [0.5, 0.6) is 5.75 Å². The average Bonchev–Trinajstić information content (AvgIpc) is 2.47. The van der Waals surface area contributed by atoms with Crippen molar-refractivity contribution in [3.8, 4) is 5.75 Å². The van der Waals surface area contributed by atoms with Crippen molar-refractivity contribution in [1.82, 2.24) is 5.32 Å². The molecule has 21 heavy (non-hydrogen) atoms. The Kier molecular flexibility index (Phi) is 5.35. The Hall–Kier alpha value is -2.33. The van der Waals surface area contributed by atoms with E-state index in [4.69, 9.17) is 9.84 Å². The van der Waals surface area contributed by atoms with Crippen molar-refractivity contribution in [3.63, 3.8) is 0 Å². The lowest BCUT2D eigenvalue weighted by Gasteiger charge is -2.08. The first kappa shape index (κ1) is 15.1. The topological polar surface area (TPSA) is 58.6 Å². The molecule has 0 bridgehead atoms. The van der Waals surface area contributed by atoms with Crippen molar-refractivity contribution in [1.29, 1.82) is 0 Å². The van der Waals surface area contributed by atoms with Gasteiger partial charge in [0.15, 0.2) is 0 Å². The molecule has 0 atom stereocenters. The van der Waals surface area contributed by atoms with E-state index in [9.17, 15) is 4.79 Å². The van der Waals surface area contributed by atoms with Crippen molar-refractivity contribution >= 4 is 5.97 Å². The molecule has 0 amide bonds. The Morgan fingerprint density at radius 2 is 1.95 bits per heavy atom. The highest BCUT2D eigenvalue weighted by Crippen LogP contribution is 2.11. The first-order valence-corrected chi connectivity index (χ1v) is 6.87. The Morgan fingerprint density at radius 3 is 2.62 bits per heavy atom. The van der Waals surface area contributed by atoms with Crippen LogP contribution in [0.3, 0.4) is 0 Å². The van der Waals surface area contributed by atoms with Gasteiger partial charge in [-0.15, -0.1) is 0 Å². The molecule has 0 saturated carbocycles. The van der Waals surface area contributed by atoms with Crippen LogP contribution < -0.4 is 10.1 Å². The van der Waals surface area contributed by atoms with E-state index in [1.807, 2.05) is 43.3 Å². The fourth-order valence-electron chi connectivity index (χ4n) is 1.94. The summed E-state index contributed by atoms with van der Waals surface area (Å²) in [4.78, 5) is 10.7. The molecule has 0 aliphatic carbocycles. The second-order valence-electron chi connectivity index (χ2n) is 4.84. The average molecular weight is 285 g/mol. The SMILES string of the molecule is Cc1cccc(OCCNCc2ccc(C(=O)O)cc2)c1. The lowest BCUT2D eigenvalue weighted by Crippen LogP contribution is -2.20. The fourth-order valence-corrected chi connectivity index (χ4v) is 1.94. The van der Waals surface area contributed by atoms with Gasteiger partial charge in [-0.3, -0.25) is 0 Å². The molecule has 4 heteroatoms. The van der Waals surface area contributed by atoms with Gasteiger partial charge < -0.3 is 15.2 Å². The predicted molar refractivity (Wildman–Crippen MR) is 81.8 cm³/mol. The molecule has 0 radical (unpaired) electrons. The number of ether oxygens (including phenoxy) is 1. The Balaban J connectivity index is 1.69. The normalized spacial score (nSPS) is 10.3. The Bertz CT molecular complexity index is 593. The highest BCUT2D eigenvalue weighted by molar-refractivity contribution is 5.87. The zero-order valence-corrected chi connectivity index (χ0v) is 12.0. The first-order valence-electron chi connectivity index (χ1n) is 6.87. The molecule has 2 aromatic rings. The van der Waals surface area contributed by atoms with Gasteiger partial charge >= 0.3 is 5.97 Å². The van der Waals surface area contributed by atoms with Gasteiger partial charge in [0.1, 0.15) is 12.4 Å². The van der Waals surface area contributed by atoms with E-state index >= 15 is 0 Å². The molecule has 2 aromatic carbocycles. The number of nitrogens with one attached hydrogen (secondary N) is 1. The second-order valence-corrected chi connectivity index (χ2v) is 4.84. The van der Waals surface area contributed by atoms with Gasteiger partial charge in [-0.05, 0) is 42.3 Å². The van der Waals surface area contributed by atoms with E-state index in [1.54, 1.807) is 12.1 Å². The van der Waals surface area contributed by atoms with Crippen LogP contribution in [0.1, 0.15) is 21.5 Å². The van der Waals surface area contributed by atoms with Crippen molar-refractivity contribution in [2.75, 3.05) is 13.2 Å². The second kappa shape index (κ2) is 7.45. The number of carboxylic acids is 1. The van der Waals surface area contributed by atoms with E-state index in [0.29, 0.717) is 18.7 Å². The molecule has 0 saturated heterocycles. The molecule has 110 valence electrons. The maximum Gasteiger partial charge on any atom is 0.335 e. The summed E-state index contributed by atoms with van der Waals surface area (Å²) in [6, 6.07) is 14.8. The summed E-state index contributed by atoms with van der Waals surface area (Å²) in [7, 11) is 0. The number of aryl methyl sites for hydroxylation is 1. The first-order chi connectivity index (χ1) is 10.1. The van der Waals surface area contributed by atoms with Crippen LogP contribution in [0.15, 0.2) is 48.5 Å². The van der Waals surface area contributed by atoms with Crippen LogP contribution in [-0.4, -0.2) is 24.2 Å². The summed E-state index contributed by atoms with van der Waals surface area (Å²) in [5, 5.41) is 12.1. The molecule has 0 spiro atoms. The minimum absolute atomic E-state index is 0.307. The minimum atomic E-state index is -0.902. The van der Waals surface area contributed by atoms with Crippen molar-refractivity contribution in [3.05, 3.63) is 65.2 Å². The number of hydrogen-bond donors (Lipinski definition) is 2. The molecule has 2 rings (SSSR count). The quantitative estimate of drug-likeness (QED) is 0.768. The highest BCUT2D eigenvalue weighted by atomic mass is 16.5. The monoisotopic (exact) mass is 285 g/mol. The van der Waals surface area contributed by atoms with E-state index in [2.05, 4.69) is 5.32 Å². The Labute approximate surface area is 124 Å². The van der Waals surface area contributed by atoms with Crippen molar-refractivity contribution in [2.24, 2.45) is 0 Å². The number of carboxylic acid groups (broad SMARTS) is 1. The summed E-state index contributed by atoms with van der Waals surface area (Å²) in [5.74, 6) is -0.0244. The molecule has 0 heterocycles. The largest absolute Gasteiger partial charge is 0.492 e. The standard InChI is InChI=1S/C17H19NO3/c1-13-3-2-4-16(11-13)21-10-9-18-12-14-5-7-15(8-6-14)17(19)20/h2-8,11,18H,9-10,12H2,1H3,(H,19,20). The lowest BCUT2D eigenvalue weighted by molar-refractivity contribution is 0.0697. The Morgan fingerprint density at radius 1 is 1.19 bits per heavy atom. The van der Waals surface area contributed by atoms with Crippen LogP contribution in [0.25, 0.3) is 0 Å². The minimum Gasteiger partial charge on any atom is -0.492 e. The molecule has 0 aliphatic rings. The van der Waals surface area contributed by atoms with Crippen LogP contribution >= 0.6 is 0 Å². The zero-order valence-electron chi connectivity index (χ0n) is 12.0. The van der Waals surface area contributed by atoms with Crippen LogP contribution in [0.4, 0.5) is 0 Å². The smallest absolute Gasteiger partial charge is 0.335 e. The van der Waals surface area contributed by atoms with Crippen molar-refractivity contribution in [2.45, 2.75) is 13.5 Å². The molecule has 0 aromatic heterocycles. The maximum atomic E-state index is 10.7. The van der Waals surface area contributed by atoms with Crippen LogP contribution in [0.2, 0.25) is 0 Å². The number of benzene rings is 2. The third kappa shape index (κ3) is 4.93. The van der Waals surface area contributed by atoms with E-state index < -0.39 is 5.97 Å². The number of rotatable bonds is 7. The summed E-state index contributed by atoms with van der Waals surface area (Å²) in [5.41, 5.74) is 2.54. The molecule has 4 nitrogen and oxygen atoms in total. The van der Waals surface area contributed by atoms with Gasteiger partial charge in [-0.1, -0.05) is 24.3 Å². The lowest BCUT2D eigenvalue weighted by atomic mass is 10.1. The number of aromatic carboxylic acids is 1. The number of carbonyl (C=O) groups is 1. The van der Waals surface area contributed by atoms with Gasteiger partial charge in [-0.25, -0.2) is 4.79 Å². The summed E-state index contributed by atoms with van der Waals surface area (Å²) >= 11 is 0. The summed E-state index contributed by atoms with van der Waals surface area (Å²) in [6.45, 7) is 4.05. The van der Waals surface area contributed by atoms with Crippen LogP contribution in [0, 0.1) is 6.92 Å². The maximum absolute atomic E-state index is 10.7. The number of hydrogen-bond acceptors (Lipinski definition) is 3. The van der Waals surface area contributed by atoms with Gasteiger partial charge in [0, 0.05) is 13.1 Å². The molecular weight excluding hydrogens is 266 g/mol. The summed E-state index contributed by atoms with van der Waals surface area (Å²) < 4.78 is 5.64. The van der Waals surface area contributed by atoms with E-state index in [0.717, 1.165) is 17.9 Å². The molecule has 0 aliphatic heterocycles. The molecule has 0 unspecified atom stereocenters. The van der Waals surface area contributed by atoms with Gasteiger partial charge in [-0.2, -0.15) is 0 Å². The fraction of sp³-hybridized carbons (Fsp3) is 0.235. The summed E-state index contributed by atoms with van der Waals surface area (Å²) in [6.07, 6.45) is 0. The van der Waals surface area contributed by atoms with Gasteiger partial charge in [0.25, 0.3) is 0 Å². The third-order valence-corrected chi connectivity index (χ3v) is 3.07. The van der Waals surface area contributed by atoms with Gasteiger partial charge in [0.2, 0.25) is 0 Å². The van der Waals surface area contributed by atoms with Gasteiger partial charge in [0.05, 0.1) is 5.56 Å². The molecule has 0 fully saturated rings. The van der Waals surface area contributed by atoms with E-state index in [-0.39, 0.29) is 0 Å². The highest BCUT2D eigenvalue weighted by Gasteiger charge is 2.01. The third-order valence-electron chi connectivity index (χ3n) is 3.07. The zero-order chi connectivity index (χ0) is 15.1. The van der Waals surface area contributed by atoms with Crippen molar-refractivity contribution < 1.29 is 14.6 Å². The predicted octanol–water partition coefficient (Wildman–Crippen LogP) is 2.86. The molecular formula is C17H19NO3. The van der Waals surface area contributed by atoms with E-state index in [1.165, 1.54) is 5.56 Å². The molecule has 2 N–H and O–H groups in total.